The molecule has 0 radical (unpaired) electrons. The average molecular weight is 301 g/mol. The molecule has 5 nitrogen and oxygen atoms in total. The fourth-order valence-corrected chi connectivity index (χ4v) is 3.40. The van der Waals surface area contributed by atoms with Gasteiger partial charge in [-0.15, -0.1) is 0 Å². The van der Waals surface area contributed by atoms with Gasteiger partial charge in [0.25, 0.3) is 0 Å². The van der Waals surface area contributed by atoms with Crippen molar-refractivity contribution < 1.29 is 9.21 Å². The molecule has 22 heavy (non-hydrogen) atoms. The topological polar surface area (TPSA) is 51.3 Å². The minimum Gasteiger partial charge on any atom is -0.466 e. The number of likely N-dealkylation sites (tertiary alicyclic amines) is 1. The Hall–Kier alpha value is -2.04. The van der Waals surface area contributed by atoms with Crippen LogP contribution < -0.4 is 0 Å². The average Bonchev–Trinajstić information content (AvgIpc) is 3.20. The Morgan fingerprint density at radius 1 is 1.50 bits per heavy atom. The lowest BCUT2D eigenvalue weighted by Crippen LogP contribution is -2.40. The van der Waals surface area contributed by atoms with Crippen molar-refractivity contribution in [1.82, 2.24) is 14.7 Å². The minimum absolute atomic E-state index is 0.157. The highest BCUT2D eigenvalue weighted by Gasteiger charge is 2.33. The fourth-order valence-electron chi connectivity index (χ4n) is 3.40. The summed E-state index contributed by atoms with van der Waals surface area (Å²) < 4.78 is 7.49. The normalized spacial score (nSPS) is 19.6. The third-order valence-corrected chi connectivity index (χ3v) is 4.53. The molecular weight excluding hydrogens is 278 g/mol. The number of hydrogen-bond donors (Lipinski definition) is 0. The fraction of sp³-hybridized carbons (Fsp3) is 0.529. The molecule has 1 fully saturated rings. The molecule has 0 saturated carbocycles. The van der Waals surface area contributed by atoms with Crippen molar-refractivity contribution >= 4 is 5.91 Å². The van der Waals surface area contributed by atoms with Crippen LogP contribution in [0.4, 0.5) is 0 Å². The van der Waals surface area contributed by atoms with E-state index in [1.54, 1.807) is 6.20 Å². The molecule has 1 amide bonds. The molecule has 3 heterocycles. The zero-order chi connectivity index (χ0) is 15.7. The van der Waals surface area contributed by atoms with Crippen LogP contribution in [0.15, 0.2) is 28.9 Å². The SMILES string of the molecule is Cc1cc([C@@H](C)C(=O)N2CCC[C@@H]2Cn2cccn2)c(C)o1. The van der Waals surface area contributed by atoms with Crippen LogP contribution >= 0.6 is 0 Å². The highest BCUT2D eigenvalue weighted by molar-refractivity contribution is 5.84. The van der Waals surface area contributed by atoms with Gasteiger partial charge in [-0.1, -0.05) is 0 Å². The van der Waals surface area contributed by atoms with Crippen LogP contribution in [0.25, 0.3) is 0 Å². The summed E-state index contributed by atoms with van der Waals surface area (Å²) in [7, 11) is 0. The van der Waals surface area contributed by atoms with E-state index < -0.39 is 0 Å². The Kier molecular flexibility index (Phi) is 4.05. The van der Waals surface area contributed by atoms with Crippen LogP contribution in [-0.4, -0.2) is 33.2 Å². The molecule has 1 aliphatic heterocycles. The molecule has 0 aromatic carbocycles. The van der Waals surface area contributed by atoms with Crippen LogP contribution in [0.3, 0.4) is 0 Å². The second-order valence-corrected chi connectivity index (χ2v) is 6.15. The van der Waals surface area contributed by atoms with Gasteiger partial charge in [0, 0.05) is 24.5 Å². The second-order valence-electron chi connectivity index (χ2n) is 6.15. The van der Waals surface area contributed by atoms with Crippen molar-refractivity contribution in [2.75, 3.05) is 6.54 Å². The van der Waals surface area contributed by atoms with Crippen molar-refractivity contribution in [3.05, 3.63) is 41.6 Å². The zero-order valence-corrected chi connectivity index (χ0v) is 13.5. The standard InChI is InChI=1S/C17H23N3O2/c1-12-10-16(14(3)22-12)13(2)17(21)20-9-4-6-15(20)11-19-8-5-7-18-19/h5,7-8,10,13,15H,4,6,9,11H2,1-3H3/t13-,15-/m1/s1. The summed E-state index contributed by atoms with van der Waals surface area (Å²) in [5, 5.41) is 4.26. The van der Waals surface area contributed by atoms with Crippen molar-refractivity contribution in [3.8, 4) is 0 Å². The summed E-state index contributed by atoms with van der Waals surface area (Å²) in [4.78, 5) is 14.9. The lowest BCUT2D eigenvalue weighted by atomic mass is 9.99. The van der Waals surface area contributed by atoms with Crippen molar-refractivity contribution in [3.63, 3.8) is 0 Å². The van der Waals surface area contributed by atoms with Crippen LogP contribution in [0.5, 0.6) is 0 Å². The second kappa shape index (κ2) is 5.99. The van der Waals surface area contributed by atoms with E-state index in [0.717, 1.165) is 43.0 Å². The van der Waals surface area contributed by atoms with Gasteiger partial charge in [-0.05, 0) is 45.7 Å². The monoisotopic (exact) mass is 301 g/mol. The maximum atomic E-state index is 12.9. The predicted molar refractivity (Wildman–Crippen MR) is 83.6 cm³/mol. The van der Waals surface area contributed by atoms with E-state index in [1.807, 2.05) is 48.7 Å². The van der Waals surface area contributed by atoms with Gasteiger partial charge in [0.2, 0.25) is 5.91 Å². The smallest absolute Gasteiger partial charge is 0.230 e. The summed E-state index contributed by atoms with van der Waals surface area (Å²) in [6, 6.07) is 4.14. The van der Waals surface area contributed by atoms with Crippen LogP contribution in [0.2, 0.25) is 0 Å². The van der Waals surface area contributed by atoms with E-state index in [-0.39, 0.29) is 17.9 Å². The number of furan rings is 1. The molecule has 5 heteroatoms. The molecular formula is C17H23N3O2. The number of amides is 1. The predicted octanol–water partition coefficient (Wildman–Crippen LogP) is 2.89. The van der Waals surface area contributed by atoms with E-state index in [9.17, 15) is 4.79 Å². The van der Waals surface area contributed by atoms with E-state index in [2.05, 4.69) is 5.10 Å². The molecule has 0 spiro atoms. The van der Waals surface area contributed by atoms with E-state index >= 15 is 0 Å². The summed E-state index contributed by atoms with van der Waals surface area (Å²) >= 11 is 0. The third-order valence-electron chi connectivity index (χ3n) is 4.53. The first-order chi connectivity index (χ1) is 10.6. The molecule has 0 unspecified atom stereocenters. The minimum atomic E-state index is -0.157. The molecule has 0 aliphatic carbocycles. The van der Waals surface area contributed by atoms with Gasteiger partial charge >= 0.3 is 0 Å². The van der Waals surface area contributed by atoms with E-state index in [1.165, 1.54) is 0 Å². The van der Waals surface area contributed by atoms with E-state index in [0.29, 0.717) is 0 Å². The van der Waals surface area contributed by atoms with Gasteiger partial charge in [-0.2, -0.15) is 5.10 Å². The quantitative estimate of drug-likeness (QED) is 0.872. The molecule has 1 saturated heterocycles. The lowest BCUT2D eigenvalue weighted by molar-refractivity contribution is -0.133. The number of carbonyl (C=O) groups excluding carboxylic acids is 1. The van der Waals surface area contributed by atoms with Gasteiger partial charge in [-0.25, -0.2) is 0 Å². The molecule has 2 aromatic heterocycles. The summed E-state index contributed by atoms with van der Waals surface area (Å²) in [6.07, 6.45) is 5.84. The summed E-state index contributed by atoms with van der Waals surface area (Å²) in [5.74, 6) is 1.75. The van der Waals surface area contributed by atoms with Gasteiger partial charge < -0.3 is 9.32 Å². The number of rotatable bonds is 4. The molecule has 0 N–H and O–H groups in total. The Labute approximate surface area is 130 Å². The zero-order valence-electron chi connectivity index (χ0n) is 13.5. The van der Waals surface area contributed by atoms with Gasteiger partial charge in [-0.3, -0.25) is 9.48 Å². The van der Waals surface area contributed by atoms with Crippen molar-refractivity contribution in [1.29, 1.82) is 0 Å². The Morgan fingerprint density at radius 2 is 2.32 bits per heavy atom. The van der Waals surface area contributed by atoms with Crippen LogP contribution in [0, 0.1) is 13.8 Å². The molecule has 118 valence electrons. The summed E-state index contributed by atoms with van der Waals surface area (Å²) in [5.41, 5.74) is 1.01. The Bertz CT molecular complexity index is 645. The van der Waals surface area contributed by atoms with Crippen LogP contribution in [0.1, 0.15) is 42.8 Å². The highest BCUT2D eigenvalue weighted by Crippen LogP contribution is 2.28. The Balaban J connectivity index is 1.74. The first kappa shape index (κ1) is 14.9. The van der Waals surface area contributed by atoms with Crippen LogP contribution in [-0.2, 0) is 11.3 Å². The number of aryl methyl sites for hydroxylation is 2. The number of nitrogens with zero attached hydrogens (tertiary/aromatic N) is 3. The van der Waals surface area contributed by atoms with Gasteiger partial charge in [0.05, 0.1) is 18.5 Å². The third kappa shape index (κ3) is 2.80. The lowest BCUT2D eigenvalue weighted by Gasteiger charge is -2.27. The van der Waals surface area contributed by atoms with Gasteiger partial charge in [0.1, 0.15) is 11.5 Å². The molecule has 1 aliphatic rings. The van der Waals surface area contributed by atoms with Crippen molar-refractivity contribution in [2.45, 2.75) is 52.1 Å². The molecule has 2 aromatic rings. The Morgan fingerprint density at radius 3 is 2.95 bits per heavy atom. The number of hydrogen-bond acceptors (Lipinski definition) is 3. The van der Waals surface area contributed by atoms with Gasteiger partial charge in [0.15, 0.2) is 0 Å². The number of aromatic nitrogens is 2. The molecule has 0 bridgehead atoms. The summed E-state index contributed by atoms with van der Waals surface area (Å²) in [6.45, 7) is 7.43. The maximum Gasteiger partial charge on any atom is 0.230 e. The van der Waals surface area contributed by atoms with E-state index in [4.69, 9.17) is 4.42 Å². The van der Waals surface area contributed by atoms with Crippen molar-refractivity contribution in [2.24, 2.45) is 0 Å². The molecule has 2 atom stereocenters. The first-order valence-corrected chi connectivity index (χ1v) is 7.91. The number of carbonyl (C=O) groups is 1. The maximum absolute atomic E-state index is 12.9. The first-order valence-electron chi connectivity index (χ1n) is 7.91. The highest BCUT2D eigenvalue weighted by atomic mass is 16.3. The molecule has 3 rings (SSSR count). The largest absolute Gasteiger partial charge is 0.466 e.